The molecule has 1 N–H and O–H groups in total. The summed E-state index contributed by atoms with van der Waals surface area (Å²) < 4.78 is 11.9. The number of benzene rings is 3. The number of rotatable bonds is 8. The van der Waals surface area contributed by atoms with E-state index in [0.29, 0.717) is 37.8 Å². The average Bonchev–Trinajstić information content (AvgIpc) is 3.37. The van der Waals surface area contributed by atoms with Crippen LogP contribution in [-0.4, -0.2) is 52.9 Å². The summed E-state index contributed by atoms with van der Waals surface area (Å²) in [6.45, 7) is 7.90. The van der Waals surface area contributed by atoms with Crippen LogP contribution in [0, 0.1) is 0 Å². The Morgan fingerprint density at radius 1 is 0.950 bits per heavy atom. The van der Waals surface area contributed by atoms with E-state index in [1.165, 1.54) is 0 Å². The smallest absolute Gasteiger partial charge is 0.255 e. The highest BCUT2D eigenvalue weighted by Crippen LogP contribution is 2.49. The summed E-state index contributed by atoms with van der Waals surface area (Å²) in [5, 5.41) is 1.06. The molecule has 3 heterocycles. The lowest BCUT2D eigenvalue weighted by Crippen LogP contribution is -2.67. The summed E-state index contributed by atoms with van der Waals surface area (Å²) in [6.07, 6.45) is 0.902. The van der Waals surface area contributed by atoms with E-state index in [1.807, 2.05) is 74.5 Å². The van der Waals surface area contributed by atoms with E-state index >= 15 is 0 Å². The topological polar surface area (TPSA) is 74.9 Å². The molecule has 3 aromatic carbocycles. The predicted molar refractivity (Wildman–Crippen MR) is 154 cm³/mol. The third-order valence-electron chi connectivity index (χ3n) is 8.17. The second-order valence-corrected chi connectivity index (χ2v) is 10.7. The van der Waals surface area contributed by atoms with Crippen molar-refractivity contribution < 1.29 is 19.1 Å². The molecule has 0 unspecified atom stereocenters. The molecule has 6 rings (SSSR count). The molecule has 0 bridgehead atoms. The molecule has 1 aromatic heterocycles. The molecule has 2 atom stereocenters. The monoisotopic (exact) mass is 537 g/mol. The van der Waals surface area contributed by atoms with Crippen LogP contribution in [0.4, 0.5) is 0 Å². The summed E-state index contributed by atoms with van der Waals surface area (Å²) in [7, 11) is 0. The van der Waals surface area contributed by atoms with Gasteiger partial charge >= 0.3 is 0 Å². The van der Waals surface area contributed by atoms with Crippen LogP contribution in [0.1, 0.15) is 55.5 Å². The van der Waals surface area contributed by atoms with Gasteiger partial charge in [0, 0.05) is 29.9 Å². The number of para-hydroxylation sites is 1. The van der Waals surface area contributed by atoms with Crippen LogP contribution in [0.15, 0.2) is 72.8 Å². The lowest BCUT2D eigenvalue weighted by molar-refractivity contribution is -0.166. The maximum absolute atomic E-state index is 14.3. The Labute approximate surface area is 234 Å². The van der Waals surface area contributed by atoms with Crippen LogP contribution in [-0.2, 0) is 21.7 Å². The van der Waals surface area contributed by atoms with Gasteiger partial charge in [0.2, 0.25) is 5.91 Å². The Morgan fingerprint density at radius 2 is 1.73 bits per heavy atom. The molecule has 0 saturated carbocycles. The molecule has 1 fully saturated rings. The van der Waals surface area contributed by atoms with Crippen LogP contribution in [0.3, 0.4) is 0 Å². The molecule has 0 spiro atoms. The van der Waals surface area contributed by atoms with E-state index < -0.39 is 5.54 Å². The van der Waals surface area contributed by atoms with Crippen LogP contribution in [0.2, 0.25) is 0 Å². The van der Waals surface area contributed by atoms with Gasteiger partial charge < -0.3 is 24.3 Å². The zero-order valence-electron chi connectivity index (χ0n) is 23.3. The standard InChI is InChI=1S/C33H35N3O4/c1-4-17-40-27-16-15-23(18-28(27)39-5-2)25-20-36-29(37)21-35(19-22-11-7-6-8-12-22)32(38)33(36,3)31-30(25)24-13-9-10-14-26(24)34-31/h6-16,18,25,34H,4-5,17,19-21H2,1-3H3/t25-,33+/m1/s1. The van der Waals surface area contributed by atoms with E-state index in [-0.39, 0.29) is 24.3 Å². The lowest BCUT2D eigenvalue weighted by atomic mass is 9.76. The molecule has 40 heavy (non-hydrogen) atoms. The number of nitrogens with one attached hydrogen (secondary N) is 1. The normalized spacial score (nSPS) is 20.4. The molecule has 0 aliphatic carbocycles. The van der Waals surface area contributed by atoms with Crippen molar-refractivity contribution in [1.82, 2.24) is 14.8 Å². The van der Waals surface area contributed by atoms with Crippen LogP contribution < -0.4 is 9.47 Å². The van der Waals surface area contributed by atoms with Gasteiger partial charge in [0.05, 0.1) is 18.9 Å². The van der Waals surface area contributed by atoms with Gasteiger partial charge in [-0.1, -0.05) is 61.5 Å². The highest BCUT2D eigenvalue weighted by molar-refractivity contribution is 6.01. The quantitative estimate of drug-likeness (QED) is 0.318. The molecule has 1 saturated heterocycles. The van der Waals surface area contributed by atoms with E-state index in [0.717, 1.165) is 39.7 Å². The van der Waals surface area contributed by atoms with Crippen molar-refractivity contribution in [3.05, 3.63) is 95.2 Å². The van der Waals surface area contributed by atoms with Gasteiger partial charge in [-0.25, -0.2) is 0 Å². The van der Waals surface area contributed by atoms with Gasteiger partial charge in [-0.2, -0.15) is 0 Å². The number of hydrogen-bond acceptors (Lipinski definition) is 4. The maximum atomic E-state index is 14.3. The Kier molecular flexibility index (Phi) is 6.74. The van der Waals surface area contributed by atoms with Gasteiger partial charge in [-0.15, -0.1) is 0 Å². The number of piperazine rings is 1. The lowest BCUT2D eigenvalue weighted by Gasteiger charge is -2.51. The van der Waals surface area contributed by atoms with Crippen LogP contribution in [0.25, 0.3) is 10.9 Å². The summed E-state index contributed by atoms with van der Waals surface area (Å²) in [4.78, 5) is 35.1. The number of H-pyrrole nitrogens is 1. The summed E-state index contributed by atoms with van der Waals surface area (Å²) >= 11 is 0. The second-order valence-electron chi connectivity index (χ2n) is 10.7. The second kappa shape index (κ2) is 10.4. The number of aromatic nitrogens is 1. The van der Waals surface area contributed by atoms with Crippen molar-refractivity contribution in [2.24, 2.45) is 0 Å². The first kappa shape index (κ1) is 26.0. The fourth-order valence-electron chi connectivity index (χ4n) is 6.25. The van der Waals surface area contributed by atoms with E-state index in [4.69, 9.17) is 9.47 Å². The number of aromatic amines is 1. The number of carbonyl (C=O) groups excluding carboxylic acids is 2. The van der Waals surface area contributed by atoms with Gasteiger partial charge in [0.25, 0.3) is 5.91 Å². The fourth-order valence-corrected chi connectivity index (χ4v) is 6.25. The van der Waals surface area contributed by atoms with Crippen molar-refractivity contribution >= 4 is 22.7 Å². The Morgan fingerprint density at radius 3 is 2.50 bits per heavy atom. The zero-order chi connectivity index (χ0) is 27.9. The number of carbonyl (C=O) groups is 2. The number of hydrogen-bond donors (Lipinski definition) is 1. The van der Waals surface area contributed by atoms with Crippen molar-refractivity contribution in [3.63, 3.8) is 0 Å². The first-order valence-corrected chi connectivity index (χ1v) is 14.1. The van der Waals surface area contributed by atoms with Crippen molar-refractivity contribution in [3.8, 4) is 11.5 Å². The minimum atomic E-state index is -1.14. The van der Waals surface area contributed by atoms with Crippen LogP contribution >= 0.6 is 0 Å². The number of nitrogens with zero attached hydrogens (tertiary/aromatic N) is 2. The first-order valence-electron chi connectivity index (χ1n) is 14.1. The van der Waals surface area contributed by atoms with Crippen molar-refractivity contribution in [2.75, 3.05) is 26.3 Å². The highest BCUT2D eigenvalue weighted by Gasteiger charge is 2.56. The predicted octanol–water partition coefficient (Wildman–Crippen LogP) is 5.59. The number of fused-ring (bicyclic) bond motifs is 5. The molecular weight excluding hydrogens is 502 g/mol. The number of amides is 2. The van der Waals surface area contributed by atoms with Gasteiger partial charge in [-0.05, 0) is 55.2 Å². The molecule has 2 aliphatic rings. The van der Waals surface area contributed by atoms with E-state index in [9.17, 15) is 9.59 Å². The van der Waals surface area contributed by atoms with E-state index in [1.54, 1.807) is 9.80 Å². The minimum Gasteiger partial charge on any atom is -0.490 e. The summed E-state index contributed by atoms with van der Waals surface area (Å²) in [5.41, 5.74) is 3.68. The molecular formula is C33H35N3O4. The average molecular weight is 538 g/mol. The van der Waals surface area contributed by atoms with Gasteiger partial charge in [-0.3, -0.25) is 9.59 Å². The Balaban J connectivity index is 1.47. The maximum Gasteiger partial charge on any atom is 0.255 e. The first-order chi connectivity index (χ1) is 19.5. The largest absolute Gasteiger partial charge is 0.490 e. The van der Waals surface area contributed by atoms with Crippen molar-refractivity contribution in [1.29, 1.82) is 0 Å². The van der Waals surface area contributed by atoms with Crippen molar-refractivity contribution in [2.45, 2.75) is 45.2 Å². The third-order valence-corrected chi connectivity index (χ3v) is 8.17. The molecule has 206 valence electrons. The SMILES string of the molecule is CCCOc1ccc([C@H]2CN3C(=O)CN(Cc4ccccc4)C(=O)[C@]3(C)c3[nH]c4ccccc4c32)cc1OCC. The van der Waals surface area contributed by atoms with Gasteiger partial charge in [0.15, 0.2) is 17.0 Å². The minimum absolute atomic E-state index is 0.0551. The molecule has 2 amide bonds. The molecule has 2 aliphatic heterocycles. The fraction of sp³-hybridized carbons (Fsp3) is 0.333. The zero-order valence-corrected chi connectivity index (χ0v) is 23.3. The number of ether oxygens (including phenoxy) is 2. The summed E-state index contributed by atoms with van der Waals surface area (Å²) in [5.74, 6) is 1.14. The molecule has 0 radical (unpaired) electrons. The summed E-state index contributed by atoms with van der Waals surface area (Å²) in [6, 6.07) is 24.0. The van der Waals surface area contributed by atoms with E-state index in [2.05, 4.69) is 24.0 Å². The molecule has 7 heteroatoms. The molecule has 7 nitrogen and oxygen atoms in total. The third kappa shape index (κ3) is 4.21. The highest BCUT2D eigenvalue weighted by atomic mass is 16.5. The molecule has 4 aromatic rings. The van der Waals surface area contributed by atoms with Gasteiger partial charge in [0.1, 0.15) is 6.54 Å². The Hall–Kier alpha value is -4.26. The Bertz CT molecular complexity index is 1560. The van der Waals surface area contributed by atoms with Crippen LogP contribution in [0.5, 0.6) is 11.5 Å².